The molecule has 0 aliphatic rings. The Morgan fingerprint density at radius 3 is 2.47 bits per heavy atom. The molecule has 0 amide bonds. The van der Waals surface area contributed by atoms with Gasteiger partial charge < -0.3 is 14.8 Å². The summed E-state index contributed by atoms with van der Waals surface area (Å²) in [7, 11) is 0. The van der Waals surface area contributed by atoms with E-state index in [1.165, 1.54) is 0 Å². The molecule has 1 aromatic rings. The standard InChI is InChI=1S/C12H22N2O2S/c1-5-15-11(16-6-2)7-13-10(4)12-14-9(3)8-17-12/h8,10-11,13H,5-7H2,1-4H3. The summed E-state index contributed by atoms with van der Waals surface area (Å²) in [6.45, 7) is 10.1. The number of ether oxygens (including phenoxy) is 2. The van der Waals surface area contributed by atoms with Crippen LogP contribution in [0.1, 0.15) is 37.5 Å². The average Bonchev–Trinajstić information content (AvgIpc) is 2.73. The molecule has 0 spiro atoms. The number of rotatable bonds is 8. The predicted molar refractivity (Wildman–Crippen MR) is 70.3 cm³/mol. The second kappa shape index (κ2) is 7.76. The number of hydrogen-bond acceptors (Lipinski definition) is 5. The summed E-state index contributed by atoms with van der Waals surface area (Å²) in [6.07, 6.45) is -0.173. The lowest BCUT2D eigenvalue weighted by Crippen LogP contribution is -2.33. The lowest BCUT2D eigenvalue weighted by atomic mass is 10.3. The Labute approximate surface area is 107 Å². The Bertz CT molecular complexity index is 311. The van der Waals surface area contributed by atoms with E-state index in [-0.39, 0.29) is 12.3 Å². The van der Waals surface area contributed by atoms with Crippen LogP contribution in [0, 0.1) is 6.92 Å². The Morgan fingerprint density at radius 1 is 1.35 bits per heavy atom. The van der Waals surface area contributed by atoms with Crippen molar-refractivity contribution >= 4 is 11.3 Å². The molecule has 1 aromatic heterocycles. The molecule has 0 aliphatic carbocycles. The zero-order valence-electron chi connectivity index (χ0n) is 11.0. The van der Waals surface area contributed by atoms with Crippen LogP contribution in [0.2, 0.25) is 0 Å². The summed E-state index contributed by atoms with van der Waals surface area (Å²) in [5.41, 5.74) is 1.07. The zero-order chi connectivity index (χ0) is 12.7. The van der Waals surface area contributed by atoms with Crippen LogP contribution in [0.3, 0.4) is 0 Å². The van der Waals surface area contributed by atoms with Crippen molar-refractivity contribution in [2.45, 2.75) is 40.0 Å². The highest BCUT2D eigenvalue weighted by molar-refractivity contribution is 7.09. The molecule has 1 rings (SSSR count). The SMILES string of the molecule is CCOC(CNC(C)c1nc(C)cs1)OCC. The van der Waals surface area contributed by atoms with E-state index in [1.807, 2.05) is 20.8 Å². The van der Waals surface area contributed by atoms with Gasteiger partial charge in [0.2, 0.25) is 0 Å². The summed E-state index contributed by atoms with van der Waals surface area (Å²) >= 11 is 1.68. The van der Waals surface area contributed by atoms with E-state index < -0.39 is 0 Å². The fraction of sp³-hybridized carbons (Fsp3) is 0.750. The van der Waals surface area contributed by atoms with Crippen molar-refractivity contribution in [2.24, 2.45) is 0 Å². The maximum Gasteiger partial charge on any atom is 0.169 e. The summed E-state index contributed by atoms with van der Waals surface area (Å²) < 4.78 is 10.9. The minimum Gasteiger partial charge on any atom is -0.352 e. The third-order valence-corrected chi connectivity index (χ3v) is 3.45. The van der Waals surface area contributed by atoms with Crippen molar-refractivity contribution in [2.75, 3.05) is 19.8 Å². The van der Waals surface area contributed by atoms with Crippen LogP contribution in [-0.4, -0.2) is 31.0 Å². The molecule has 17 heavy (non-hydrogen) atoms. The van der Waals surface area contributed by atoms with Gasteiger partial charge in [0.05, 0.1) is 6.04 Å². The van der Waals surface area contributed by atoms with E-state index in [4.69, 9.17) is 9.47 Å². The van der Waals surface area contributed by atoms with E-state index in [0.29, 0.717) is 19.8 Å². The van der Waals surface area contributed by atoms with Gasteiger partial charge in [0.1, 0.15) is 5.01 Å². The van der Waals surface area contributed by atoms with Gasteiger partial charge in [0, 0.05) is 30.8 Å². The summed E-state index contributed by atoms with van der Waals surface area (Å²) in [5, 5.41) is 6.55. The van der Waals surface area contributed by atoms with Crippen molar-refractivity contribution in [1.82, 2.24) is 10.3 Å². The van der Waals surface area contributed by atoms with Crippen molar-refractivity contribution in [3.63, 3.8) is 0 Å². The maximum absolute atomic E-state index is 5.47. The fourth-order valence-electron chi connectivity index (χ4n) is 1.47. The molecule has 4 nitrogen and oxygen atoms in total. The molecule has 0 aromatic carbocycles. The van der Waals surface area contributed by atoms with Crippen LogP contribution in [0.4, 0.5) is 0 Å². The monoisotopic (exact) mass is 258 g/mol. The van der Waals surface area contributed by atoms with Crippen LogP contribution in [0.25, 0.3) is 0 Å². The van der Waals surface area contributed by atoms with Gasteiger partial charge in [-0.15, -0.1) is 11.3 Å². The van der Waals surface area contributed by atoms with E-state index in [2.05, 4.69) is 22.6 Å². The Morgan fingerprint density at radius 2 is 2.00 bits per heavy atom. The van der Waals surface area contributed by atoms with Crippen molar-refractivity contribution in [3.8, 4) is 0 Å². The second-order valence-electron chi connectivity index (χ2n) is 3.80. The minimum atomic E-state index is -0.173. The largest absolute Gasteiger partial charge is 0.352 e. The quantitative estimate of drug-likeness (QED) is 0.728. The third-order valence-electron chi connectivity index (χ3n) is 2.30. The molecule has 0 radical (unpaired) electrons. The highest BCUT2D eigenvalue weighted by atomic mass is 32.1. The van der Waals surface area contributed by atoms with Crippen molar-refractivity contribution in [3.05, 3.63) is 16.1 Å². The first-order valence-corrected chi connectivity index (χ1v) is 6.93. The fourth-order valence-corrected chi connectivity index (χ4v) is 2.30. The van der Waals surface area contributed by atoms with Gasteiger partial charge in [-0.3, -0.25) is 0 Å². The first-order valence-electron chi connectivity index (χ1n) is 6.06. The smallest absolute Gasteiger partial charge is 0.169 e. The Kier molecular flexibility index (Phi) is 6.65. The molecular formula is C12H22N2O2S. The van der Waals surface area contributed by atoms with Gasteiger partial charge in [0.25, 0.3) is 0 Å². The van der Waals surface area contributed by atoms with E-state index in [0.717, 1.165) is 10.7 Å². The maximum atomic E-state index is 5.47. The summed E-state index contributed by atoms with van der Waals surface area (Å²) in [4.78, 5) is 4.45. The van der Waals surface area contributed by atoms with Gasteiger partial charge in [-0.05, 0) is 27.7 Å². The minimum absolute atomic E-state index is 0.173. The van der Waals surface area contributed by atoms with Gasteiger partial charge in [-0.1, -0.05) is 0 Å². The van der Waals surface area contributed by atoms with Crippen LogP contribution < -0.4 is 5.32 Å². The zero-order valence-corrected chi connectivity index (χ0v) is 11.8. The van der Waals surface area contributed by atoms with E-state index in [1.54, 1.807) is 11.3 Å². The number of hydrogen-bond donors (Lipinski definition) is 1. The van der Waals surface area contributed by atoms with Gasteiger partial charge in [-0.25, -0.2) is 4.98 Å². The highest BCUT2D eigenvalue weighted by Crippen LogP contribution is 2.17. The Balaban J connectivity index is 2.37. The first kappa shape index (κ1) is 14.6. The highest BCUT2D eigenvalue weighted by Gasteiger charge is 2.13. The van der Waals surface area contributed by atoms with E-state index >= 15 is 0 Å². The summed E-state index contributed by atoms with van der Waals surface area (Å²) in [6, 6.07) is 0.233. The normalized spacial score (nSPS) is 13.2. The topological polar surface area (TPSA) is 43.4 Å². The molecule has 0 saturated carbocycles. The molecule has 1 N–H and O–H groups in total. The molecule has 0 bridgehead atoms. The predicted octanol–water partition coefficient (Wildman–Crippen LogP) is 2.50. The summed E-state index contributed by atoms with van der Waals surface area (Å²) in [5.74, 6) is 0. The molecule has 98 valence electrons. The molecular weight excluding hydrogens is 236 g/mol. The number of nitrogens with zero attached hydrogens (tertiary/aromatic N) is 1. The average molecular weight is 258 g/mol. The van der Waals surface area contributed by atoms with Gasteiger partial charge >= 0.3 is 0 Å². The van der Waals surface area contributed by atoms with Gasteiger partial charge in [-0.2, -0.15) is 0 Å². The molecule has 1 atom stereocenters. The Hall–Kier alpha value is -0.490. The van der Waals surface area contributed by atoms with Gasteiger partial charge in [0.15, 0.2) is 6.29 Å². The van der Waals surface area contributed by atoms with Crippen molar-refractivity contribution < 1.29 is 9.47 Å². The van der Waals surface area contributed by atoms with E-state index in [9.17, 15) is 0 Å². The molecule has 0 saturated heterocycles. The molecule has 0 aliphatic heterocycles. The number of thiazole rings is 1. The van der Waals surface area contributed by atoms with Crippen molar-refractivity contribution in [1.29, 1.82) is 0 Å². The third kappa shape index (κ3) is 5.12. The lowest BCUT2D eigenvalue weighted by molar-refractivity contribution is -0.133. The number of aryl methyl sites for hydroxylation is 1. The molecule has 1 unspecified atom stereocenters. The number of nitrogens with one attached hydrogen (secondary N) is 1. The molecule has 5 heteroatoms. The van der Waals surface area contributed by atoms with Crippen LogP contribution in [0.5, 0.6) is 0 Å². The first-order chi connectivity index (χ1) is 8.17. The van der Waals surface area contributed by atoms with Crippen LogP contribution >= 0.6 is 11.3 Å². The second-order valence-corrected chi connectivity index (χ2v) is 4.69. The number of aromatic nitrogens is 1. The molecule has 0 fully saturated rings. The van der Waals surface area contributed by atoms with Crippen LogP contribution in [-0.2, 0) is 9.47 Å². The molecule has 1 heterocycles. The van der Waals surface area contributed by atoms with Crippen LogP contribution in [0.15, 0.2) is 5.38 Å². The lowest BCUT2D eigenvalue weighted by Gasteiger charge is -2.19.